The lowest BCUT2D eigenvalue weighted by Crippen LogP contribution is -2.24. The van der Waals surface area contributed by atoms with E-state index < -0.39 is 11.9 Å². The van der Waals surface area contributed by atoms with Crippen molar-refractivity contribution in [3.8, 4) is 17.2 Å². The lowest BCUT2D eigenvalue weighted by molar-refractivity contribution is -0.129. The summed E-state index contributed by atoms with van der Waals surface area (Å²) in [5, 5.41) is 3.90. The summed E-state index contributed by atoms with van der Waals surface area (Å²) in [5.74, 6) is 0.946. The number of nitrogens with one attached hydrogen (secondary N) is 1. The number of furan rings is 1. The van der Waals surface area contributed by atoms with Gasteiger partial charge in [-0.2, -0.15) is 5.10 Å². The van der Waals surface area contributed by atoms with Crippen LogP contribution in [0.3, 0.4) is 0 Å². The van der Waals surface area contributed by atoms with Crippen LogP contribution in [0.2, 0.25) is 0 Å². The van der Waals surface area contributed by atoms with E-state index in [1.165, 1.54) is 24.6 Å². The first-order valence-corrected chi connectivity index (χ1v) is 9.84. The second kappa shape index (κ2) is 11.8. The molecule has 0 fully saturated rings. The molecule has 32 heavy (non-hydrogen) atoms. The summed E-state index contributed by atoms with van der Waals surface area (Å²) in [4.78, 5) is 23.9. The lowest BCUT2D eigenvalue weighted by atomic mass is 10.2. The van der Waals surface area contributed by atoms with E-state index in [1.54, 1.807) is 54.6 Å². The Labute approximate surface area is 185 Å². The van der Waals surface area contributed by atoms with Crippen molar-refractivity contribution in [1.29, 1.82) is 0 Å². The highest BCUT2D eigenvalue weighted by atomic mass is 16.5. The zero-order valence-corrected chi connectivity index (χ0v) is 17.4. The van der Waals surface area contributed by atoms with E-state index >= 15 is 0 Å². The van der Waals surface area contributed by atoms with Gasteiger partial charge in [-0.15, -0.1) is 0 Å². The summed E-state index contributed by atoms with van der Waals surface area (Å²) < 4.78 is 21.3. The molecule has 1 N–H and O–H groups in total. The summed E-state index contributed by atoms with van der Waals surface area (Å²) in [6.45, 7) is 2.14. The summed E-state index contributed by atoms with van der Waals surface area (Å²) in [5.41, 5.74) is 3.02. The molecule has 3 aromatic rings. The Kier molecular flexibility index (Phi) is 8.21. The highest BCUT2D eigenvalue weighted by molar-refractivity contribution is 5.89. The molecule has 0 radical (unpaired) electrons. The summed E-state index contributed by atoms with van der Waals surface area (Å²) >= 11 is 0. The molecular weight excluding hydrogens is 412 g/mol. The van der Waals surface area contributed by atoms with E-state index in [1.807, 2.05) is 13.0 Å². The molecule has 0 saturated carbocycles. The van der Waals surface area contributed by atoms with Crippen LogP contribution in [-0.4, -0.2) is 31.3 Å². The summed E-state index contributed by atoms with van der Waals surface area (Å²) in [6, 6.07) is 17.2. The van der Waals surface area contributed by atoms with E-state index in [9.17, 15) is 9.59 Å². The van der Waals surface area contributed by atoms with Crippen molar-refractivity contribution in [3.05, 3.63) is 84.3 Å². The molecule has 0 aliphatic heterocycles. The predicted molar refractivity (Wildman–Crippen MR) is 119 cm³/mol. The second-order valence-corrected chi connectivity index (χ2v) is 6.30. The number of amides is 1. The first kappa shape index (κ1) is 22.4. The SMILES string of the molecule is CCOc1ccccc1OCC(=O)N/N=C/c1cccc(OC(=O)/C=C/c2ccco2)c1. The number of nitrogens with zero attached hydrogens (tertiary/aromatic N) is 1. The summed E-state index contributed by atoms with van der Waals surface area (Å²) in [7, 11) is 0. The van der Waals surface area contributed by atoms with Crippen LogP contribution in [0.5, 0.6) is 17.2 Å². The molecule has 0 aliphatic rings. The maximum absolute atomic E-state index is 12.0. The van der Waals surface area contributed by atoms with Gasteiger partial charge in [-0.05, 0) is 55.0 Å². The lowest BCUT2D eigenvalue weighted by Gasteiger charge is -2.10. The van der Waals surface area contributed by atoms with Crippen molar-refractivity contribution in [2.75, 3.05) is 13.2 Å². The minimum absolute atomic E-state index is 0.221. The van der Waals surface area contributed by atoms with Crippen molar-refractivity contribution in [2.45, 2.75) is 6.92 Å². The number of hydrazone groups is 1. The molecule has 1 aromatic heterocycles. The van der Waals surface area contributed by atoms with Gasteiger partial charge in [0.05, 0.1) is 19.1 Å². The fourth-order valence-electron chi connectivity index (χ4n) is 2.54. The standard InChI is InChI=1S/C24H22N2O6/c1-2-29-21-10-3-4-11-22(21)31-17-23(27)26-25-16-18-7-5-8-20(15-18)32-24(28)13-12-19-9-6-14-30-19/h3-16H,2,17H2,1H3,(H,26,27)/b13-12+,25-16+. The van der Waals surface area contributed by atoms with Crippen LogP contribution in [0.4, 0.5) is 0 Å². The van der Waals surface area contributed by atoms with E-state index in [0.29, 0.717) is 35.2 Å². The molecule has 0 atom stereocenters. The minimum Gasteiger partial charge on any atom is -0.490 e. The van der Waals surface area contributed by atoms with Crippen molar-refractivity contribution in [3.63, 3.8) is 0 Å². The average molecular weight is 434 g/mol. The molecule has 0 saturated heterocycles. The number of ether oxygens (including phenoxy) is 3. The largest absolute Gasteiger partial charge is 0.490 e. The minimum atomic E-state index is -0.548. The Morgan fingerprint density at radius 3 is 2.59 bits per heavy atom. The Hall–Kier alpha value is -4.33. The number of benzene rings is 2. The van der Waals surface area contributed by atoms with Crippen molar-refractivity contribution in [2.24, 2.45) is 5.10 Å². The van der Waals surface area contributed by atoms with Gasteiger partial charge in [0.1, 0.15) is 11.5 Å². The Morgan fingerprint density at radius 2 is 1.84 bits per heavy atom. The number of esters is 1. The van der Waals surface area contributed by atoms with E-state index in [0.717, 1.165) is 0 Å². The molecule has 0 aliphatic carbocycles. The molecule has 0 bridgehead atoms. The van der Waals surface area contributed by atoms with Crippen LogP contribution in [-0.2, 0) is 9.59 Å². The first-order chi connectivity index (χ1) is 15.6. The molecule has 1 heterocycles. The monoisotopic (exact) mass is 434 g/mol. The Bertz CT molecular complexity index is 1090. The molecule has 0 unspecified atom stereocenters. The van der Waals surface area contributed by atoms with Crippen LogP contribution >= 0.6 is 0 Å². The van der Waals surface area contributed by atoms with Crippen molar-refractivity contribution >= 4 is 24.2 Å². The maximum atomic E-state index is 12.0. The van der Waals surface area contributed by atoms with Gasteiger partial charge in [-0.25, -0.2) is 10.2 Å². The third-order valence-corrected chi connectivity index (χ3v) is 3.91. The number of carbonyl (C=O) groups is 2. The number of hydrogen-bond donors (Lipinski definition) is 1. The molecule has 8 heteroatoms. The second-order valence-electron chi connectivity index (χ2n) is 6.30. The number of carbonyl (C=O) groups excluding carboxylic acids is 2. The molecular formula is C24H22N2O6. The smallest absolute Gasteiger partial charge is 0.336 e. The highest BCUT2D eigenvalue weighted by Gasteiger charge is 2.07. The van der Waals surface area contributed by atoms with Gasteiger partial charge in [0.25, 0.3) is 5.91 Å². The molecule has 1 amide bonds. The predicted octanol–water partition coefficient (Wildman–Crippen LogP) is 3.83. The third-order valence-electron chi connectivity index (χ3n) is 3.91. The third kappa shape index (κ3) is 7.17. The number of para-hydroxylation sites is 2. The van der Waals surface area contributed by atoms with Gasteiger partial charge in [0.15, 0.2) is 18.1 Å². The number of rotatable bonds is 10. The Morgan fingerprint density at radius 1 is 1.03 bits per heavy atom. The van der Waals surface area contributed by atoms with Crippen molar-refractivity contribution < 1.29 is 28.2 Å². The van der Waals surface area contributed by atoms with Gasteiger partial charge in [-0.1, -0.05) is 24.3 Å². The maximum Gasteiger partial charge on any atom is 0.336 e. The fourth-order valence-corrected chi connectivity index (χ4v) is 2.54. The molecule has 3 rings (SSSR count). The molecule has 0 spiro atoms. The van der Waals surface area contributed by atoms with E-state index in [2.05, 4.69) is 10.5 Å². The quantitative estimate of drug-likeness (QED) is 0.171. The summed E-state index contributed by atoms with van der Waals surface area (Å²) in [6.07, 6.45) is 5.72. The molecule has 164 valence electrons. The van der Waals surface area contributed by atoms with Gasteiger partial charge in [-0.3, -0.25) is 4.79 Å². The van der Waals surface area contributed by atoms with Crippen LogP contribution in [0.15, 0.2) is 82.5 Å². The highest BCUT2D eigenvalue weighted by Crippen LogP contribution is 2.26. The first-order valence-electron chi connectivity index (χ1n) is 9.84. The topological polar surface area (TPSA) is 99.4 Å². The zero-order valence-electron chi connectivity index (χ0n) is 17.4. The van der Waals surface area contributed by atoms with E-state index in [4.69, 9.17) is 18.6 Å². The fraction of sp³-hybridized carbons (Fsp3) is 0.125. The Balaban J connectivity index is 1.48. The van der Waals surface area contributed by atoms with Crippen LogP contribution in [0, 0.1) is 0 Å². The normalized spacial score (nSPS) is 10.9. The van der Waals surface area contributed by atoms with Crippen LogP contribution in [0.25, 0.3) is 6.08 Å². The van der Waals surface area contributed by atoms with Gasteiger partial charge >= 0.3 is 5.97 Å². The van der Waals surface area contributed by atoms with Gasteiger partial charge < -0.3 is 18.6 Å². The molecule has 8 nitrogen and oxygen atoms in total. The van der Waals surface area contributed by atoms with Crippen LogP contribution in [0.1, 0.15) is 18.2 Å². The average Bonchev–Trinajstić information content (AvgIpc) is 3.31. The van der Waals surface area contributed by atoms with Gasteiger partial charge in [0.2, 0.25) is 0 Å². The number of hydrogen-bond acceptors (Lipinski definition) is 7. The van der Waals surface area contributed by atoms with Crippen molar-refractivity contribution in [1.82, 2.24) is 5.43 Å². The molecule has 2 aromatic carbocycles. The van der Waals surface area contributed by atoms with Gasteiger partial charge in [0, 0.05) is 6.08 Å². The van der Waals surface area contributed by atoms with Crippen LogP contribution < -0.4 is 19.6 Å². The van der Waals surface area contributed by atoms with E-state index in [-0.39, 0.29) is 6.61 Å². The zero-order chi connectivity index (χ0) is 22.6.